The molecule has 5 heteroatoms. The first-order chi connectivity index (χ1) is 6.25. The quantitative estimate of drug-likeness (QED) is 0.699. The van der Waals surface area contributed by atoms with Crippen molar-refractivity contribution in [2.24, 2.45) is 0 Å². The van der Waals surface area contributed by atoms with Crippen LogP contribution >= 0.6 is 11.6 Å². The maximum Gasteiger partial charge on any atom is 0.313 e. The fraction of sp³-hybridized carbons (Fsp3) is 0.125. The van der Waals surface area contributed by atoms with E-state index >= 15 is 0 Å². The fourth-order valence-corrected chi connectivity index (χ4v) is 1.03. The van der Waals surface area contributed by atoms with Crippen LogP contribution in [0.15, 0.2) is 22.7 Å². The van der Waals surface area contributed by atoms with Crippen molar-refractivity contribution in [3.8, 4) is 11.5 Å². The molecule has 0 saturated heterocycles. The zero-order valence-electron chi connectivity index (χ0n) is 6.86. The molecule has 2 heterocycles. The Bertz CT molecular complexity index is 410. The van der Waals surface area contributed by atoms with Crippen molar-refractivity contribution in [3.63, 3.8) is 0 Å². The van der Waals surface area contributed by atoms with E-state index in [-0.39, 0.29) is 5.35 Å². The zero-order valence-corrected chi connectivity index (χ0v) is 7.62. The Hall–Kier alpha value is -1.42. The summed E-state index contributed by atoms with van der Waals surface area (Å²) in [5, 5.41) is 7.30. The van der Waals surface area contributed by atoms with E-state index in [0.29, 0.717) is 5.89 Å². The standard InChI is InChI=1S/C8H6ClN3O/c1-5-2-3-6(4-10-5)7-11-12-8(9)13-7/h2-4H,1H3. The van der Waals surface area contributed by atoms with Gasteiger partial charge in [0.05, 0.1) is 5.56 Å². The molecular formula is C8H6ClN3O. The maximum atomic E-state index is 5.48. The molecule has 4 nitrogen and oxygen atoms in total. The molecule has 0 aliphatic heterocycles. The van der Waals surface area contributed by atoms with E-state index in [0.717, 1.165) is 11.3 Å². The molecule has 0 amide bonds. The second kappa shape index (κ2) is 3.14. The van der Waals surface area contributed by atoms with Crippen molar-refractivity contribution in [1.82, 2.24) is 15.2 Å². The van der Waals surface area contributed by atoms with Crippen LogP contribution in [0.2, 0.25) is 5.35 Å². The molecule has 2 aromatic rings. The minimum atomic E-state index is 0.0376. The van der Waals surface area contributed by atoms with Gasteiger partial charge in [-0.25, -0.2) is 0 Å². The van der Waals surface area contributed by atoms with E-state index in [4.69, 9.17) is 16.0 Å². The molecule has 13 heavy (non-hydrogen) atoms. The summed E-state index contributed by atoms with van der Waals surface area (Å²) in [5.74, 6) is 0.387. The van der Waals surface area contributed by atoms with E-state index in [1.54, 1.807) is 6.20 Å². The summed E-state index contributed by atoms with van der Waals surface area (Å²) in [5.41, 5.74) is 1.71. The smallest absolute Gasteiger partial charge is 0.313 e. The van der Waals surface area contributed by atoms with Crippen LogP contribution in [0.25, 0.3) is 11.5 Å². The van der Waals surface area contributed by atoms with Crippen LogP contribution in [-0.4, -0.2) is 15.2 Å². The number of rotatable bonds is 1. The Balaban J connectivity index is 2.41. The van der Waals surface area contributed by atoms with Crippen LogP contribution in [0.4, 0.5) is 0 Å². The molecule has 2 aromatic heterocycles. The van der Waals surface area contributed by atoms with Gasteiger partial charge in [-0.15, -0.1) is 5.10 Å². The Morgan fingerprint density at radius 2 is 2.15 bits per heavy atom. The lowest BCUT2D eigenvalue weighted by Crippen LogP contribution is -1.82. The first-order valence-electron chi connectivity index (χ1n) is 3.68. The number of hydrogen-bond donors (Lipinski definition) is 0. The van der Waals surface area contributed by atoms with Crippen molar-refractivity contribution in [3.05, 3.63) is 29.4 Å². The third-order valence-electron chi connectivity index (χ3n) is 1.56. The number of hydrogen-bond acceptors (Lipinski definition) is 4. The molecule has 0 N–H and O–H groups in total. The van der Waals surface area contributed by atoms with Crippen molar-refractivity contribution in [1.29, 1.82) is 0 Å². The van der Waals surface area contributed by atoms with Crippen molar-refractivity contribution < 1.29 is 4.42 Å². The van der Waals surface area contributed by atoms with E-state index in [1.807, 2.05) is 19.1 Å². The Morgan fingerprint density at radius 3 is 2.69 bits per heavy atom. The van der Waals surface area contributed by atoms with Crippen LogP contribution in [0.3, 0.4) is 0 Å². The van der Waals surface area contributed by atoms with Gasteiger partial charge >= 0.3 is 5.35 Å². The van der Waals surface area contributed by atoms with Crippen LogP contribution in [0, 0.1) is 6.92 Å². The minimum Gasteiger partial charge on any atom is -0.407 e. The Labute approximate surface area is 79.6 Å². The van der Waals surface area contributed by atoms with E-state index in [9.17, 15) is 0 Å². The van der Waals surface area contributed by atoms with Gasteiger partial charge in [0.1, 0.15) is 0 Å². The summed E-state index contributed by atoms with van der Waals surface area (Å²) >= 11 is 5.48. The Kier molecular flexibility index (Phi) is 1.98. The number of halogens is 1. The first-order valence-corrected chi connectivity index (χ1v) is 4.05. The van der Waals surface area contributed by atoms with E-state index in [2.05, 4.69) is 15.2 Å². The lowest BCUT2D eigenvalue weighted by molar-refractivity contribution is 0.570. The van der Waals surface area contributed by atoms with Crippen molar-refractivity contribution in [2.45, 2.75) is 6.92 Å². The largest absolute Gasteiger partial charge is 0.407 e. The summed E-state index contributed by atoms with van der Waals surface area (Å²) in [6.45, 7) is 1.91. The van der Waals surface area contributed by atoms with Gasteiger partial charge in [0.15, 0.2) is 0 Å². The number of aryl methyl sites for hydroxylation is 1. The number of pyridine rings is 1. The SMILES string of the molecule is Cc1ccc(-c2nnc(Cl)o2)cn1. The molecule has 0 aromatic carbocycles. The predicted octanol–water partition coefficient (Wildman–Crippen LogP) is 2.09. The minimum absolute atomic E-state index is 0.0376. The summed E-state index contributed by atoms with van der Waals surface area (Å²) in [7, 11) is 0. The van der Waals surface area contributed by atoms with Gasteiger partial charge in [0.25, 0.3) is 5.89 Å². The number of aromatic nitrogens is 3. The highest BCUT2D eigenvalue weighted by Gasteiger charge is 2.05. The van der Waals surface area contributed by atoms with Crippen molar-refractivity contribution in [2.75, 3.05) is 0 Å². The van der Waals surface area contributed by atoms with Gasteiger partial charge < -0.3 is 4.42 Å². The lowest BCUT2D eigenvalue weighted by Gasteiger charge is -1.93. The molecule has 0 unspecified atom stereocenters. The third-order valence-corrected chi connectivity index (χ3v) is 1.71. The molecule has 0 aliphatic rings. The topological polar surface area (TPSA) is 51.8 Å². The highest BCUT2D eigenvalue weighted by Crippen LogP contribution is 2.18. The number of nitrogens with zero attached hydrogens (tertiary/aromatic N) is 3. The molecule has 0 saturated carbocycles. The predicted molar refractivity (Wildman–Crippen MR) is 47.3 cm³/mol. The van der Waals surface area contributed by atoms with Gasteiger partial charge in [-0.3, -0.25) is 4.98 Å². The molecule has 2 rings (SSSR count). The monoisotopic (exact) mass is 195 g/mol. The molecule has 0 bridgehead atoms. The summed E-state index contributed by atoms with van der Waals surface area (Å²) in [6.07, 6.45) is 1.67. The highest BCUT2D eigenvalue weighted by atomic mass is 35.5. The summed E-state index contributed by atoms with van der Waals surface area (Å²) < 4.78 is 5.01. The molecule has 0 radical (unpaired) electrons. The van der Waals surface area contributed by atoms with Crippen LogP contribution < -0.4 is 0 Å². The van der Waals surface area contributed by atoms with E-state index in [1.165, 1.54) is 0 Å². The normalized spacial score (nSPS) is 10.3. The summed E-state index contributed by atoms with van der Waals surface area (Å²) in [6, 6.07) is 3.72. The van der Waals surface area contributed by atoms with E-state index < -0.39 is 0 Å². The van der Waals surface area contributed by atoms with Gasteiger partial charge in [-0.2, -0.15) is 0 Å². The maximum absolute atomic E-state index is 5.48. The van der Waals surface area contributed by atoms with Gasteiger partial charge in [-0.05, 0) is 30.7 Å². The second-order valence-corrected chi connectivity index (χ2v) is 2.87. The summed E-state index contributed by atoms with van der Waals surface area (Å²) in [4.78, 5) is 4.09. The molecule has 0 fully saturated rings. The van der Waals surface area contributed by atoms with Crippen LogP contribution in [0.5, 0.6) is 0 Å². The van der Waals surface area contributed by atoms with Crippen LogP contribution in [-0.2, 0) is 0 Å². The van der Waals surface area contributed by atoms with Gasteiger partial charge in [0, 0.05) is 11.9 Å². The Morgan fingerprint density at radius 1 is 1.31 bits per heavy atom. The fourth-order valence-electron chi connectivity index (χ4n) is 0.916. The average molecular weight is 196 g/mol. The highest BCUT2D eigenvalue weighted by molar-refractivity contribution is 6.27. The zero-order chi connectivity index (χ0) is 9.26. The first kappa shape index (κ1) is 8.19. The molecule has 0 aliphatic carbocycles. The van der Waals surface area contributed by atoms with Crippen LogP contribution in [0.1, 0.15) is 5.69 Å². The molecule has 66 valence electrons. The average Bonchev–Trinajstić information content (AvgIpc) is 2.53. The second-order valence-electron chi connectivity index (χ2n) is 2.55. The third kappa shape index (κ3) is 1.67. The van der Waals surface area contributed by atoms with Gasteiger partial charge in [-0.1, -0.05) is 5.10 Å². The molecule has 0 atom stereocenters. The molecule has 0 spiro atoms. The van der Waals surface area contributed by atoms with Crippen molar-refractivity contribution >= 4 is 11.6 Å². The van der Waals surface area contributed by atoms with Gasteiger partial charge in [0.2, 0.25) is 0 Å². The molecular weight excluding hydrogens is 190 g/mol. The lowest BCUT2D eigenvalue weighted by atomic mass is 10.2.